The molecular formula is C11H18N2O3. The maximum atomic E-state index is 11.4. The molecule has 0 amide bonds. The molecule has 0 bridgehead atoms. The third-order valence-corrected chi connectivity index (χ3v) is 3.14. The van der Waals surface area contributed by atoms with E-state index in [0.717, 1.165) is 6.26 Å². The number of carbonyl (C=O) groups excluding carboxylic acids is 1. The monoisotopic (exact) mass is 226 g/mol. The quantitative estimate of drug-likeness (QED) is 0.421. The van der Waals surface area contributed by atoms with Gasteiger partial charge in [0.2, 0.25) is 0 Å². The van der Waals surface area contributed by atoms with Crippen molar-refractivity contribution in [2.45, 2.75) is 38.8 Å². The highest BCUT2D eigenvalue weighted by Gasteiger charge is 2.44. The molecule has 0 fully saturated rings. The van der Waals surface area contributed by atoms with Crippen molar-refractivity contribution >= 4 is 11.8 Å². The predicted molar refractivity (Wildman–Crippen MR) is 61.5 cm³/mol. The number of aliphatic imine (C=N–C) groups is 1. The minimum absolute atomic E-state index is 0.0427. The number of carbonyl (C=O) groups is 1. The Bertz CT molecular complexity index is 367. The maximum Gasteiger partial charge on any atom is 0.344 e. The van der Waals surface area contributed by atoms with E-state index < -0.39 is 5.97 Å². The van der Waals surface area contributed by atoms with Crippen LogP contribution in [0, 0.1) is 0 Å². The van der Waals surface area contributed by atoms with Gasteiger partial charge in [0.15, 0.2) is 0 Å². The summed E-state index contributed by atoms with van der Waals surface area (Å²) >= 11 is 0. The summed E-state index contributed by atoms with van der Waals surface area (Å²) in [4.78, 5) is 15.8. The first-order valence-electron chi connectivity index (χ1n) is 5.06. The second kappa shape index (κ2) is 3.81. The molecule has 0 aromatic rings. The zero-order valence-electron chi connectivity index (χ0n) is 10.3. The molecule has 0 aliphatic carbocycles. The Labute approximate surface area is 95.2 Å². The van der Waals surface area contributed by atoms with E-state index in [0.29, 0.717) is 5.84 Å². The second-order valence-corrected chi connectivity index (χ2v) is 4.80. The van der Waals surface area contributed by atoms with Crippen molar-refractivity contribution in [1.29, 1.82) is 0 Å². The van der Waals surface area contributed by atoms with Gasteiger partial charge >= 0.3 is 5.97 Å². The summed E-state index contributed by atoms with van der Waals surface area (Å²) in [6, 6.07) is 0. The minimum Gasteiger partial charge on any atom is -0.515 e. The van der Waals surface area contributed by atoms with E-state index in [-0.39, 0.29) is 16.7 Å². The number of amidine groups is 1. The van der Waals surface area contributed by atoms with E-state index in [1.165, 1.54) is 7.11 Å². The number of methoxy groups -OCH3 is 1. The smallest absolute Gasteiger partial charge is 0.344 e. The van der Waals surface area contributed by atoms with Gasteiger partial charge < -0.3 is 15.2 Å². The molecule has 0 saturated carbocycles. The van der Waals surface area contributed by atoms with E-state index in [1.54, 1.807) is 0 Å². The van der Waals surface area contributed by atoms with Gasteiger partial charge in [-0.2, -0.15) is 0 Å². The van der Waals surface area contributed by atoms with Gasteiger partial charge in [0.05, 0.1) is 24.4 Å². The lowest BCUT2D eigenvalue weighted by atomic mass is 9.85. The standard InChI is InChI=1S/C11H18N2O3/c1-10(2)11(3,4)13-8(12-10)7(6-14)9(15)16-5/h6,14H,1-5H3,(H,12,13)/b7-6+. The van der Waals surface area contributed by atoms with Crippen LogP contribution in [0.5, 0.6) is 0 Å². The van der Waals surface area contributed by atoms with Crippen LogP contribution in [0.15, 0.2) is 16.8 Å². The summed E-state index contributed by atoms with van der Waals surface area (Å²) in [6.07, 6.45) is 0.717. The summed E-state index contributed by atoms with van der Waals surface area (Å²) in [5.74, 6) is -0.244. The molecule has 1 heterocycles. The highest BCUT2D eigenvalue weighted by Crippen LogP contribution is 2.31. The second-order valence-electron chi connectivity index (χ2n) is 4.80. The van der Waals surface area contributed by atoms with Crippen molar-refractivity contribution in [3.8, 4) is 0 Å². The van der Waals surface area contributed by atoms with Crippen LogP contribution in [0.25, 0.3) is 0 Å². The minimum atomic E-state index is -0.609. The van der Waals surface area contributed by atoms with Crippen molar-refractivity contribution in [2.24, 2.45) is 4.99 Å². The van der Waals surface area contributed by atoms with Crippen molar-refractivity contribution in [1.82, 2.24) is 5.32 Å². The van der Waals surface area contributed by atoms with Crippen LogP contribution >= 0.6 is 0 Å². The van der Waals surface area contributed by atoms with Crippen molar-refractivity contribution in [2.75, 3.05) is 7.11 Å². The Morgan fingerprint density at radius 1 is 1.44 bits per heavy atom. The molecule has 5 nitrogen and oxygen atoms in total. The molecule has 1 aliphatic rings. The van der Waals surface area contributed by atoms with Gasteiger partial charge in [0.1, 0.15) is 11.4 Å². The fraction of sp³-hybridized carbons (Fsp3) is 0.636. The molecule has 1 aliphatic heterocycles. The lowest BCUT2D eigenvalue weighted by Gasteiger charge is -2.32. The first-order valence-corrected chi connectivity index (χ1v) is 5.06. The predicted octanol–water partition coefficient (Wildman–Crippen LogP) is 1.16. The topological polar surface area (TPSA) is 70.9 Å². The van der Waals surface area contributed by atoms with E-state index in [1.807, 2.05) is 27.7 Å². The summed E-state index contributed by atoms with van der Waals surface area (Å²) in [5.41, 5.74) is -0.601. The SMILES string of the molecule is COC(=O)/C(=C/O)C1=NC(C)(C)C(C)(C)N1. The van der Waals surface area contributed by atoms with Gasteiger partial charge in [-0.1, -0.05) is 0 Å². The van der Waals surface area contributed by atoms with Crippen LogP contribution in [-0.4, -0.2) is 35.1 Å². The van der Waals surface area contributed by atoms with Crippen LogP contribution in [0.2, 0.25) is 0 Å². The van der Waals surface area contributed by atoms with Gasteiger partial charge in [-0.05, 0) is 27.7 Å². The number of ether oxygens (including phenoxy) is 1. The Morgan fingerprint density at radius 2 is 2.00 bits per heavy atom. The lowest BCUT2D eigenvalue weighted by molar-refractivity contribution is -0.135. The number of hydrogen-bond donors (Lipinski definition) is 2. The number of nitrogens with one attached hydrogen (secondary N) is 1. The fourth-order valence-electron chi connectivity index (χ4n) is 1.34. The molecule has 0 aromatic heterocycles. The van der Waals surface area contributed by atoms with Crippen LogP contribution in [0.1, 0.15) is 27.7 Å². The lowest BCUT2D eigenvalue weighted by Crippen LogP contribution is -2.50. The largest absolute Gasteiger partial charge is 0.515 e. The van der Waals surface area contributed by atoms with Gasteiger partial charge in [0.25, 0.3) is 0 Å². The Hall–Kier alpha value is -1.52. The number of rotatable bonds is 2. The van der Waals surface area contributed by atoms with Crippen molar-refractivity contribution < 1.29 is 14.6 Å². The molecule has 0 radical (unpaired) electrons. The first kappa shape index (κ1) is 12.5. The maximum absolute atomic E-state index is 11.4. The number of hydrogen-bond acceptors (Lipinski definition) is 5. The van der Waals surface area contributed by atoms with Gasteiger partial charge in [-0.3, -0.25) is 4.99 Å². The summed E-state index contributed by atoms with van der Waals surface area (Å²) in [7, 11) is 1.26. The number of aliphatic hydroxyl groups excluding tert-OH is 1. The summed E-state index contributed by atoms with van der Waals surface area (Å²) in [6.45, 7) is 7.88. The van der Waals surface area contributed by atoms with E-state index in [9.17, 15) is 4.79 Å². The van der Waals surface area contributed by atoms with Gasteiger partial charge in [-0.25, -0.2) is 4.79 Å². The molecule has 0 aromatic carbocycles. The summed E-state index contributed by atoms with van der Waals surface area (Å²) < 4.78 is 4.56. The average Bonchev–Trinajstić information content (AvgIpc) is 2.36. The average molecular weight is 226 g/mol. The molecule has 5 heteroatoms. The zero-order chi connectivity index (χ0) is 12.6. The van der Waals surface area contributed by atoms with Gasteiger partial charge in [0, 0.05) is 0 Å². The normalized spacial score (nSPS) is 22.3. The summed E-state index contributed by atoms with van der Waals surface area (Å²) in [5, 5.41) is 12.2. The molecule has 0 atom stereocenters. The van der Waals surface area contributed by atoms with Crippen LogP contribution in [0.4, 0.5) is 0 Å². The molecule has 90 valence electrons. The first-order chi connectivity index (χ1) is 7.25. The fourth-order valence-corrected chi connectivity index (χ4v) is 1.34. The highest BCUT2D eigenvalue weighted by molar-refractivity contribution is 6.19. The van der Waals surface area contributed by atoms with Crippen LogP contribution < -0.4 is 5.32 Å². The van der Waals surface area contributed by atoms with Crippen molar-refractivity contribution in [3.05, 3.63) is 11.8 Å². The molecule has 0 unspecified atom stereocenters. The zero-order valence-corrected chi connectivity index (χ0v) is 10.3. The molecule has 0 saturated heterocycles. The molecule has 16 heavy (non-hydrogen) atoms. The number of aliphatic hydroxyl groups is 1. The molecule has 1 rings (SSSR count). The highest BCUT2D eigenvalue weighted by atomic mass is 16.5. The molecule has 0 spiro atoms. The third kappa shape index (κ3) is 1.89. The van der Waals surface area contributed by atoms with Crippen LogP contribution in [0.3, 0.4) is 0 Å². The van der Waals surface area contributed by atoms with E-state index in [2.05, 4.69) is 15.0 Å². The number of esters is 1. The Morgan fingerprint density at radius 3 is 2.31 bits per heavy atom. The third-order valence-electron chi connectivity index (χ3n) is 3.14. The van der Waals surface area contributed by atoms with Crippen molar-refractivity contribution in [3.63, 3.8) is 0 Å². The molecule has 2 N–H and O–H groups in total. The molecular weight excluding hydrogens is 208 g/mol. The van der Waals surface area contributed by atoms with E-state index >= 15 is 0 Å². The van der Waals surface area contributed by atoms with Gasteiger partial charge in [-0.15, -0.1) is 0 Å². The van der Waals surface area contributed by atoms with E-state index in [4.69, 9.17) is 5.11 Å². The number of nitrogens with zero attached hydrogens (tertiary/aromatic N) is 1. The van der Waals surface area contributed by atoms with Crippen LogP contribution in [-0.2, 0) is 9.53 Å². The Balaban J connectivity index is 3.06. The Kier molecular flexibility index (Phi) is 2.99.